The van der Waals surface area contributed by atoms with Gasteiger partial charge >= 0.3 is 0 Å². The number of carbonyl (C=O) groups is 1. The second-order valence-electron chi connectivity index (χ2n) is 4.07. The van der Waals surface area contributed by atoms with Gasteiger partial charge in [0, 0.05) is 30.9 Å². The monoisotopic (exact) mass is 266 g/mol. The highest BCUT2D eigenvalue weighted by Crippen LogP contribution is 2.19. The van der Waals surface area contributed by atoms with E-state index in [1.165, 1.54) is 18.2 Å². The summed E-state index contributed by atoms with van der Waals surface area (Å²) in [5.41, 5.74) is 8.46. The lowest BCUT2D eigenvalue weighted by molar-refractivity contribution is -0.384. The van der Waals surface area contributed by atoms with E-state index in [4.69, 9.17) is 10.5 Å². The number of rotatable bonds is 3. The van der Waals surface area contributed by atoms with Crippen molar-refractivity contribution in [2.75, 3.05) is 32.0 Å². The number of nitrogen functional groups attached to an aromatic ring is 1. The molecule has 1 amide bonds. The molecule has 0 aliphatic carbocycles. The summed E-state index contributed by atoms with van der Waals surface area (Å²) in [5.74, 6) is -0.455. The predicted molar refractivity (Wildman–Crippen MR) is 67.4 cm³/mol. The summed E-state index contributed by atoms with van der Waals surface area (Å²) in [6.07, 6.45) is 0. The molecule has 0 aromatic heterocycles. The molecule has 1 aromatic rings. The van der Waals surface area contributed by atoms with Gasteiger partial charge in [-0.15, -0.1) is 0 Å². The van der Waals surface area contributed by atoms with Crippen LogP contribution in [0.25, 0.3) is 0 Å². The van der Waals surface area contributed by atoms with E-state index in [9.17, 15) is 14.9 Å². The number of nitro groups is 1. The van der Waals surface area contributed by atoms with Gasteiger partial charge in [-0.25, -0.2) is 5.01 Å². The molecule has 8 heteroatoms. The Hall–Kier alpha value is -2.19. The molecular weight excluding hydrogens is 252 g/mol. The Labute approximate surface area is 109 Å². The van der Waals surface area contributed by atoms with Crippen LogP contribution in [0.4, 0.5) is 11.4 Å². The van der Waals surface area contributed by atoms with Crippen molar-refractivity contribution in [1.82, 2.24) is 10.4 Å². The molecule has 1 aliphatic rings. The van der Waals surface area contributed by atoms with Crippen LogP contribution >= 0.6 is 0 Å². The van der Waals surface area contributed by atoms with Crippen molar-refractivity contribution in [2.45, 2.75) is 0 Å². The van der Waals surface area contributed by atoms with Gasteiger partial charge in [-0.3, -0.25) is 20.3 Å². The van der Waals surface area contributed by atoms with Gasteiger partial charge in [-0.2, -0.15) is 0 Å². The molecule has 0 radical (unpaired) electrons. The largest absolute Gasteiger partial charge is 0.398 e. The smallest absolute Gasteiger partial charge is 0.270 e. The van der Waals surface area contributed by atoms with Gasteiger partial charge in [-0.05, 0) is 6.07 Å². The number of nitrogens with zero attached hydrogens (tertiary/aromatic N) is 2. The van der Waals surface area contributed by atoms with Gasteiger partial charge in [-0.1, -0.05) is 0 Å². The number of anilines is 1. The molecule has 1 heterocycles. The summed E-state index contributed by atoms with van der Waals surface area (Å²) < 4.78 is 5.15. The molecule has 1 aliphatic heterocycles. The second-order valence-corrected chi connectivity index (χ2v) is 4.07. The van der Waals surface area contributed by atoms with Crippen molar-refractivity contribution in [3.05, 3.63) is 33.9 Å². The van der Waals surface area contributed by atoms with Gasteiger partial charge in [0.25, 0.3) is 11.6 Å². The number of morpholine rings is 1. The number of nitrogens with one attached hydrogen (secondary N) is 1. The number of nitrogens with two attached hydrogens (primary N) is 1. The van der Waals surface area contributed by atoms with E-state index in [1.54, 1.807) is 5.01 Å². The van der Waals surface area contributed by atoms with Crippen LogP contribution in [0.5, 0.6) is 0 Å². The molecule has 19 heavy (non-hydrogen) atoms. The minimum absolute atomic E-state index is 0.0979. The number of nitro benzene ring substituents is 1. The van der Waals surface area contributed by atoms with E-state index in [0.29, 0.717) is 26.3 Å². The Balaban J connectivity index is 2.13. The first-order valence-corrected chi connectivity index (χ1v) is 5.75. The van der Waals surface area contributed by atoms with Crippen LogP contribution in [-0.2, 0) is 4.74 Å². The zero-order valence-corrected chi connectivity index (χ0v) is 10.2. The molecule has 1 aromatic carbocycles. The number of non-ortho nitro benzene ring substituents is 1. The van der Waals surface area contributed by atoms with Crippen LogP contribution in [-0.4, -0.2) is 42.1 Å². The molecule has 0 saturated carbocycles. The number of carbonyl (C=O) groups excluding carboxylic acids is 1. The molecule has 0 atom stereocenters. The number of benzene rings is 1. The Bertz CT molecular complexity index is 499. The number of amides is 1. The van der Waals surface area contributed by atoms with Crippen molar-refractivity contribution < 1.29 is 14.5 Å². The minimum atomic E-state index is -0.565. The van der Waals surface area contributed by atoms with Crippen LogP contribution < -0.4 is 11.2 Å². The number of hydrogen-bond donors (Lipinski definition) is 2. The van der Waals surface area contributed by atoms with Crippen molar-refractivity contribution in [3.8, 4) is 0 Å². The molecule has 3 N–H and O–H groups in total. The van der Waals surface area contributed by atoms with Crippen LogP contribution in [0.15, 0.2) is 18.2 Å². The van der Waals surface area contributed by atoms with E-state index in [0.717, 1.165) is 0 Å². The standard InChI is InChI=1S/C11H14N4O4/c12-10-2-1-8(15(17)18)7-9(10)11(16)13-14-3-5-19-6-4-14/h1-2,7H,3-6,12H2,(H,13,16). The van der Waals surface area contributed by atoms with Crippen LogP contribution in [0.3, 0.4) is 0 Å². The highest BCUT2D eigenvalue weighted by atomic mass is 16.6. The fraction of sp³-hybridized carbons (Fsp3) is 0.364. The van der Waals surface area contributed by atoms with Crippen LogP contribution in [0, 0.1) is 10.1 Å². The summed E-state index contributed by atoms with van der Waals surface area (Å²) in [5, 5.41) is 12.4. The lowest BCUT2D eigenvalue weighted by atomic mass is 10.1. The summed E-state index contributed by atoms with van der Waals surface area (Å²) >= 11 is 0. The van der Waals surface area contributed by atoms with Crippen LogP contribution in [0.1, 0.15) is 10.4 Å². The van der Waals surface area contributed by atoms with E-state index < -0.39 is 10.8 Å². The average Bonchev–Trinajstić information content (AvgIpc) is 2.40. The summed E-state index contributed by atoms with van der Waals surface area (Å²) in [4.78, 5) is 22.1. The number of hydrazine groups is 1. The third-order valence-electron chi connectivity index (χ3n) is 2.76. The quantitative estimate of drug-likeness (QED) is 0.458. The highest BCUT2D eigenvalue weighted by Gasteiger charge is 2.18. The topological polar surface area (TPSA) is 111 Å². The molecule has 2 rings (SSSR count). The number of ether oxygens (including phenoxy) is 1. The number of hydrogen-bond acceptors (Lipinski definition) is 6. The maximum Gasteiger partial charge on any atom is 0.270 e. The van der Waals surface area contributed by atoms with Crippen molar-refractivity contribution in [1.29, 1.82) is 0 Å². The maximum absolute atomic E-state index is 12.0. The first-order valence-electron chi connectivity index (χ1n) is 5.75. The van der Waals surface area contributed by atoms with E-state index in [1.807, 2.05) is 0 Å². The van der Waals surface area contributed by atoms with Crippen molar-refractivity contribution in [2.24, 2.45) is 0 Å². The van der Waals surface area contributed by atoms with Gasteiger partial charge in [0.05, 0.1) is 23.7 Å². The molecule has 1 saturated heterocycles. The summed E-state index contributed by atoms with van der Waals surface area (Å²) in [6.45, 7) is 2.20. The average molecular weight is 266 g/mol. The predicted octanol–water partition coefficient (Wildman–Crippen LogP) is 0.154. The van der Waals surface area contributed by atoms with Gasteiger partial charge < -0.3 is 10.5 Å². The summed E-state index contributed by atoms with van der Waals surface area (Å²) in [6, 6.07) is 3.79. The SMILES string of the molecule is Nc1ccc([N+](=O)[O-])cc1C(=O)NN1CCOCC1. The maximum atomic E-state index is 12.0. The lowest BCUT2D eigenvalue weighted by Crippen LogP contribution is -2.48. The summed E-state index contributed by atoms with van der Waals surface area (Å²) in [7, 11) is 0. The van der Waals surface area contributed by atoms with Gasteiger partial charge in [0.1, 0.15) is 0 Å². The van der Waals surface area contributed by atoms with Crippen molar-refractivity contribution in [3.63, 3.8) is 0 Å². The highest BCUT2D eigenvalue weighted by molar-refractivity contribution is 5.99. The zero-order valence-electron chi connectivity index (χ0n) is 10.2. The molecule has 0 bridgehead atoms. The fourth-order valence-electron chi connectivity index (χ4n) is 1.73. The van der Waals surface area contributed by atoms with E-state index >= 15 is 0 Å². The third-order valence-corrected chi connectivity index (χ3v) is 2.76. The first-order chi connectivity index (χ1) is 9.08. The first kappa shape index (κ1) is 13.2. The Morgan fingerprint density at radius 3 is 2.74 bits per heavy atom. The Morgan fingerprint density at radius 1 is 1.42 bits per heavy atom. The molecule has 1 fully saturated rings. The van der Waals surface area contributed by atoms with Gasteiger partial charge in [0.2, 0.25) is 0 Å². The lowest BCUT2D eigenvalue weighted by Gasteiger charge is -2.27. The fourth-order valence-corrected chi connectivity index (χ4v) is 1.73. The molecule has 8 nitrogen and oxygen atoms in total. The molecule has 0 unspecified atom stereocenters. The normalized spacial score (nSPS) is 16.0. The van der Waals surface area contributed by atoms with Crippen LogP contribution in [0.2, 0.25) is 0 Å². The van der Waals surface area contributed by atoms with Crippen molar-refractivity contribution >= 4 is 17.3 Å². The van der Waals surface area contributed by atoms with E-state index in [2.05, 4.69) is 5.43 Å². The van der Waals surface area contributed by atoms with E-state index in [-0.39, 0.29) is 16.9 Å². The second kappa shape index (κ2) is 5.63. The Kier molecular flexibility index (Phi) is 3.93. The third kappa shape index (κ3) is 3.18. The van der Waals surface area contributed by atoms with Gasteiger partial charge in [0.15, 0.2) is 0 Å². The Morgan fingerprint density at radius 2 is 2.11 bits per heavy atom. The molecule has 0 spiro atoms. The minimum Gasteiger partial charge on any atom is -0.398 e. The molecule has 102 valence electrons. The zero-order chi connectivity index (χ0) is 13.8. The molecular formula is C11H14N4O4.